The van der Waals surface area contributed by atoms with Crippen molar-refractivity contribution in [2.75, 3.05) is 18.4 Å². The highest BCUT2D eigenvalue weighted by Crippen LogP contribution is 2.42. The Labute approximate surface area is 114 Å². The molecule has 0 aromatic heterocycles. The first-order valence-electron chi connectivity index (χ1n) is 6.42. The minimum absolute atomic E-state index is 0.0151. The summed E-state index contributed by atoms with van der Waals surface area (Å²) in [6.07, 6.45) is -1.28. The van der Waals surface area contributed by atoms with Crippen LogP contribution in [-0.2, 0) is 4.79 Å². The topological polar surface area (TPSA) is 59.6 Å². The molecule has 2 aliphatic rings. The van der Waals surface area contributed by atoms with Gasteiger partial charge in [-0.15, -0.1) is 8.78 Å². The Morgan fingerprint density at radius 2 is 2.05 bits per heavy atom. The summed E-state index contributed by atoms with van der Waals surface area (Å²) >= 11 is 0. The SMILES string of the molecule is O=C(CNc1ccc2c(c1)OC(F)(F)O2)NCC1CC1. The van der Waals surface area contributed by atoms with Gasteiger partial charge in [0.15, 0.2) is 11.5 Å². The Bertz CT molecular complexity index is 532. The first-order chi connectivity index (χ1) is 9.52. The zero-order valence-corrected chi connectivity index (χ0v) is 10.6. The third-order valence-electron chi connectivity index (χ3n) is 3.14. The van der Waals surface area contributed by atoms with Crippen molar-refractivity contribution in [2.24, 2.45) is 5.92 Å². The molecule has 1 amide bonds. The highest BCUT2D eigenvalue weighted by molar-refractivity contribution is 5.80. The number of amides is 1. The molecule has 1 saturated carbocycles. The molecule has 1 aliphatic heterocycles. The van der Waals surface area contributed by atoms with Crippen LogP contribution in [0.4, 0.5) is 14.5 Å². The van der Waals surface area contributed by atoms with Crippen LogP contribution >= 0.6 is 0 Å². The van der Waals surface area contributed by atoms with Crippen LogP contribution in [0.15, 0.2) is 18.2 Å². The van der Waals surface area contributed by atoms with E-state index in [4.69, 9.17) is 0 Å². The van der Waals surface area contributed by atoms with Crippen LogP contribution in [0.2, 0.25) is 0 Å². The van der Waals surface area contributed by atoms with Gasteiger partial charge in [-0.3, -0.25) is 4.79 Å². The minimum atomic E-state index is -3.62. The summed E-state index contributed by atoms with van der Waals surface area (Å²) in [6.45, 7) is 0.788. The summed E-state index contributed by atoms with van der Waals surface area (Å²) in [5.41, 5.74) is 0.520. The fourth-order valence-electron chi connectivity index (χ4n) is 1.88. The maximum absolute atomic E-state index is 12.8. The number of rotatable bonds is 5. The van der Waals surface area contributed by atoms with Crippen LogP contribution in [0.5, 0.6) is 11.5 Å². The van der Waals surface area contributed by atoms with Crippen molar-refractivity contribution in [1.29, 1.82) is 0 Å². The van der Waals surface area contributed by atoms with Crippen molar-refractivity contribution in [3.05, 3.63) is 18.2 Å². The number of benzene rings is 1. The van der Waals surface area contributed by atoms with Crippen LogP contribution in [0.1, 0.15) is 12.8 Å². The van der Waals surface area contributed by atoms with Crippen LogP contribution in [0, 0.1) is 5.92 Å². The van der Waals surface area contributed by atoms with Crippen LogP contribution < -0.4 is 20.1 Å². The maximum atomic E-state index is 12.8. The van der Waals surface area contributed by atoms with Gasteiger partial charge >= 0.3 is 6.29 Å². The molecule has 0 saturated heterocycles. The highest BCUT2D eigenvalue weighted by Gasteiger charge is 2.43. The molecule has 0 spiro atoms. The van der Waals surface area contributed by atoms with Gasteiger partial charge in [-0.1, -0.05) is 0 Å². The van der Waals surface area contributed by atoms with Gasteiger partial charge in [0.2, 0.25) is 5.91 Å². The number of nitrogens with one attached hydrogen (secondary N) is 2. The van der Waals surface area contributed by atoms with Crippen molar-refractivity contribution in [3.63, 3.8) is 0 Å². The molecule has 2 N–H and O–H groups in total. The first-order valence-corrected chi connectivity index (χ1v) is 6.42. The lowest BCUT2D eigenvalue weighted by atomic mass is 10.3. The molecule has 20 heavy (non-hydrogen) atoms. The lowest BCUT2D eigenvalue weighted by Crippen LogP contribution is -2.31. The average Bonchev–Trinajstić information content (AvgIpc) is 3.15. The Balaban J connectivity index is 1.52. The summed E-state index contributed by atoms with van der Waals surface area (Å²) < 4.78 is 34.3. The van der Waals surface area contributed by atoms with E-state index in [0.717, 1.165) is 0 Å². The van der Waals surface area contributed by atoms with Gasteiger partial charge in [0, 0.05) is 18.3 Å². The summed E-state index contributed by atoms with van der Waals surface area (Å²) in [5.74, 6) is 0.434. The molecule has 0 unspecified atom stereocenters. The van der Waals surface area contributed by atoms with Gasteiger partial charge in [-0.2, -0.15) is 0 Å². The largest absolute Gasteiger partial charge is 0.586 e. The van der Waals surface area contributed by atoms with Crippen LogP contribution in [0.3, 0.4) is 0 Å². The predicted octanol–water partition coefficient (Wildman–Crippen LogP) is 1.95. The van der Waals surface area contributed by atoms with E-state index in [0.29, 0.717) is 18.2 Å². The maximum Gasteiger partial charge on any atom is 0.586 e. The predicted molar refractivity (Wildman–Crippen MR) is 66.9 cm³/mol. The monoisotopic (exact) mass is 284 g/mol. The van der Waals surface area contributed by atoms with Crippen molar-refractivity contribution >= 4 is 11.6 Å². The van der Waals surface area contributed by atoms with Crippen molar-refractivity contribution < 1.29 is 23.0 Å². The summed E-state index contributed by atoms with van der Waals surface area (Å²) in [7, 11) is 0. The second kappa shape index (κ2) is 4.81. The van der Waals surface area contributed by atoms with E-state index in [2.05, 4.69) is 20.1 Å². The first kappa shape index (κ1) is 13.0. The standard InChI is InChI=1S/C13H14F2N2O3/c14-13(15)19-10-4-3-9(5-11(10)20-13)16-7-12(18)17-6-8-1-2-8/h3-5,8,16H,1-2,6-7H2,(H,17,18). The number of hydrogen-bond donors (Lipinski definition) is 2. The highest BCUT2D eigenvalue weighted by atomic mass is 19.3. The second-order valence-electron chi connectivity index (χ2n) is 4.93. The van der Waals surface area contributed by atoms with Crippen molar-refractivity contribution in [2.45, 2.75) is 19.1 Å². The Kier molecular flexibility index (Phi) is 3.11. The zero-order chi connectivity index (χ0) is 14.2. The number of halogens is 2. The minimum Gasteiger partial charge on any atom is -0.395 e. The normalized spacial score (nSPS) is 18.7. The van der Waals surface area contributed by atoms with Crippen molar-refractivity contribution in [3.8, 4) is 11.5 Å². The number of carbonyl (C=O) groups is 1. The van der Waals surface area contributed by atoms with E-state index >= 15 is 0 Å². The zero-order valence-electron chi connectivity index (χ0n) is 10.6. The Morgan fingerprint density at radius 3 is 2.80 bits per heavy atom. The molecule has 3 rings (SSSR count). The average molecular weight is 284 g/mol. The molecule has 5 nitrogen and oxygen atoms in total. The summed E-state index contributed by atoms with van der Waals surface area (Å²) in [5, 5.41) is 5.66. The molecule has 1 fully saturated rings. The molecular formula is C13H14F2N2O3. The number of alkyl halides is 2. The quantitative estimate of drug-likeness (QED) is 0.867. The molecule has 0 atom stereocenters. The number of fused-ring (bicyclic) bond motifs is 1. The van der Waals surface area contributed by atoms with E-state index in [9.17, 15) is 13.6 Å². The van der Waals surface area contributed by atoms with Crippen molar-refractivity contribution in [1.82, 2.24) is 5.32 Å². The number of hydrogen-bond acceptors (Lipinski definition) is 4. The van der Waals surface area contributed by atoms with E-state index in [-0.39, 0.29) is 24.0 Å². The van der Waals surface area contributed by atoms with Gasteiger partial charge in [-0.25, -0.2) is 0 Å². The molecule has 0 radical (unpaired) electrons. The molecular weight excluding hydrogens is 270 g/mol. The van der Waals surface area contributed by atoms with Gasteiger partial charge in [-0.05, 0) is 30.9 Å². The van der Waals surface area contributed by atoms with Gasteiger partial charge in [0.25, 0.3) is 0 Å². The van der Waals surface area contributed by atoms with Gasteiger partial charge in [0.1, 0.15) is 0 Å². The lowest BCUT2D eigenvalue weighted by molar-refractivity contribution is -0.286. The fraction of sp³-hybridized carbons (Fsp3) is 0.462. The van der Waals surface area contributed by atoms with E-state index in [1.54, 1.807) is 6.07 Å². The van der Waals surface area contributed by atoms with Crippen LogP contribution in [-0.4, -0.2) is 25.3 Å². The van der Waals surface area contributed by atoms with E-state index in [1.165, 1.54) is 25.0 Å². The number of carbonyl (C=O) groups excluding carboxylic acids is 1. The van der Waals surface area contributed by atoms with Gasteiger partial charge in [0.05, 0.1) is 6.54 Å². The molecule has 7 heteroatoms. The van der Waals surface area contributed by atoms with Gasteiger partial charge < -0.3 is 20.1 Å². The molecule has 108 valence electrons. The number of ether oxygens (including phenoxy) is 2. The van der Waals surface area contributed by atoms with E-state index < -0.39 is 6.29 Å². The molecule has 0 bridgehead atoms. The Morgan fingerprint density at radius 1 is 1.30 bits per heavy atom. The third kappa shape index (κ3) is 3.09. The molecule has 1 heterocycles. The Hall–Kier alpha value is -2.05. The third-order valence-corrected chi connectivity index (χ3v) is 3.14. The number of anilines is 1. The molecule has 1 aromatic rings. The van der Waals surface area contributed by atoms with E-state index in [1.807, 2.05) is 0 Å². The molecule has 1 aliphatic carbocycles. The lowest BCUT2D eigenvalue weighted by Gasteiger charge is -2.07. The molecule has 1 aromatic carbocycles. The second-order valence-corrected chi connectivity index (χ2v) is 4.93. The fourth-order valence-corrected chi connectivity index (χ4v) is 1.88. The smallest absolute Gasteiger partial charge is 0.395 e. The summed E-state index contributed by atoms with van der Waals surface area (Å²) in [6, 6.07) is 4.31. The van der Waals surface area contributed by atoms with Crippen LogP contribution in [0.25, 0.3) is 0 Å². The summed E-state index contributed by atoms with van der Waals surface area (Å²) in [4.78, 5) is 11.5.